The topological polar surface area (TPSA) is 86.9 Å². The Kier molecular flexibility index (Phi) is 5.38. The van der Waals surface area contributed by atoms with Gasteiger partial charge in [-0.15, -0.1) is 0 Å². The highest BCUT2D eigenvalue weighted by atomic mass is 16.3. The first-order chi connectivity index (χ1) is 10.5. The van der Waals surface area contributed by atoms with Crippen LogP contribution in [0.15, 0.2) is 24.3 Å². The molecule has 0 bridgehead atoms. The molecule has 2 rings (SSSR count). The molecule has 120 valence electrons. The molecule has 0 aromatic heterocycles. The van der Waals surface area contributed by atoms with Gasteiger partial charge in [-0.2, -0.15) is 0 Å². The Morgan fingerprint density at radius 1 is 1.18 bits per heavy atom. The number of nitrogens with two attached hydrogens (primary N) is 1. The molecule has 0 saturated carbocycles. The van der Waals surface area contributed by atoms with Crippen LogP contribution in [0, 0.1) is 0 Å². The van der Waals surface area contributed by atoms with Crippen molar-refractivity contribution < 1.29 is 14.7 Å². The minimum Gasteiger partial charge on any atom is -0.507 e. The molecule has 1 fully saturated rings. The van der Waals surface area contributed by atoms with Gasteiger partial charge in [0.05, 0.1) is 11.6 Å². The number of aromatic hydroxyl groups is 1. The number of nitrogens with zero attached hydrogens (tertiary/aromatic N) is 2. The number of carbonyl (C=O) groups excluding carboxylic acids is 2. The first-order valence-corrected chi connectivity index (χ1v) is 7.66. The highest BCUT2D eigenvalue weighted by Gasteiger charge is 2.27. The number of rotatable bonds is 4. The Hall–Kier alpha value is -2.08. The lowest BCUT2D eigenvalue weighted by Crippen LogP contribution is -2.54. The molecule has 0 aliphatic carbocycles. The average molecular weight is 305 g/mol. The number of phenols is 1. The van der Waals surface area contributed by atoms with Crippen LogP contribution in [0.25, 0.3) is 0 Å². The molecular formula is C16H23N3O3. The van der Waals surface area contributed by atoms with E-state index < -0.39 is 6.04 Å². The molecule has 1 aromatic rings. The molecule has 3 N–H and O–H groups in total. The SMILES string of the molecule is CCCC(N)C(=O)N1CCN(C(=O)c2ccccc2O)CC1. The van der Waals surface area contributed by atoms with E-state index in [2.05, 4.69) is 0 Å². The number of hydrogen-bond acceptors (Lipinski definition) is 4. The van der Waals surface area contributed by atoms with Crippen molar-refractivity contribution in [1.29, 1.82) is 0 Å². The van der Waals surface area contributed by atoms with E-state index in [0.29, 0.717) is 38.2 Å². The molecule has 0 spiro atoms. The van der Waals surface area contributed by atoms with E-state index >= 15 is 0 Å². The number of amides is 2. The summed E-state index contributed by atoms with van der Waals surface area (Å²) in [4.78, 5) is 27.9. The first-order valence-electron chi connectivity index (χ1n) is 7.66. The fraction of sp³-hybridized carbons (Fsp3) is 0.500. The van der Waals surface area contributed by atoms with Crippen molar-refractivity contribution in [3.63, 3.8) is 0 Å². The Bertz CT molecular complexity index is 539. The maximum absolute atomic E-state index is 12.4. The lowest BCUT2D eigenvalue weighted by atomic mass is 10.1. The predicted molar refractivity (Wildman–Crippen MR) is 83.5 cm³/mol. The van der Waals surface area contributed by atoms with Gasteiger partial charge in [0.15, 0.2) is 0 Å². The van der Waals surface area contributed by atoms with E-state index in [9.17, 15) is 14.7 Å². The number of piperazine rings is 1. The van der Waals surface area contributed by atoms with Gasteiger partial charge in [0.2, 0.25) is 5.91 Å². The molecule has 1 heterocycles. The Morgan fingerprint density at radius 2 is 1.77 bits per heavy atom. The average Bonchev–Trinajstić information content (AvgIpc) is 2.54. The van der Waals surface area contributed by atoms with Gasteiger partial charge >= 0.3 is 0 Å². The van der Waals surface area contributed by atoms with Crippen molar-refractivity contribution in [2.45, 2.75) is 25.8 Å². The van der Waals surface area contributed by atoms with E-state index in [1.54, 1.807) is 28.0 Å². The molecule has 1 aromatic carbocycles. The third-order valence-corrected chi connectivity index (χ3v) is 3.93. The molecule has 1 atom stereocenters. The molecule has 0 radical (unpaired) electrons. The zero-order valence-corrected chi connectivity index (χ0v) is 12.9. The Morgan fingerprint density at radius 3 is 2.36 bits per heavy atom. The predicted octanol–water partition coefficient (Wildman–Crippen LogP) is 0.804. The first kappa shape index (κ1) is 16.3. The number of carbonyl (C=O) groups is 2. The van der Waals surface area contributed by atoms with Crippen molar-refractivity contribution in [1.82, 2.24) is 9.80 Å². The summed E-state index contributed by atoms with van der Waals surface area (Å²) < 4.78 is 0. The van der Waals surface area contributed by atoms with Gasteiger partial charge in [0.25, 0.3) is 5.91 Å². The second-order valence-corrected chi connectivity index (χ2v) is 5.53. The zero-order chi connectivity index (χ0) is 16.1. The summed E-state index contributed by atoms with van der Waals surface area (Å²) in [7, 11) is 0. The van der Waals surface area contributed by atoms with Gasteiger partial charge in [0, 0.05) is 26.2 Å². The van der Waals surface area contributed by atoms with E-state index in [1.807, 2.05) is 6.92 Å². The Labute approximate surface area is 130 Å². The quantitative estimate of drug-likeness (QED) is 0.861. The molecular weight excluding hydrogens is 282 g/mol. The molecule has 1 unspecified atom stereocenters. The van der Waals surface area contributed by atoms with E-state index in [-0.39, 0.29) is 17.6 Å². The van der Waals surface area contributed by atoms with Crippen LogP contribution < -0.4 is 5.73 Å². The van der Waals surface area contributed by atoms with E-state index in [1.165, 1.54) is 6.07 Å². The van der Waals surface area contributed by atoms with Crippen molar-refractivity contribution in [2.24, 2.45) is 5.73 Å². The van der Waals surface area contributed by atoms with Gasteiger partial charge in [-0.3, -0.25) is 9.59 Å². The minimum absolute atomic E-state index is 0.0176. The van der Waals surface area contributed by atoms with E-state index in [0.717, 1.165) is 6.42 Å². The van der Waals surface area contributed by atoms with Crippen molar-refractivity contribution in [2.75, 3.05) is 26.2 Å². The minimum atomic E-state index is -0.453. The summed E-state index contributed by atoms with van der Waals surface area (Å²) in [6, 6.07) is 6.04. The van der Waals surface area contributed by atoms with Gasteiger partial charge in [-0.1, -0.05) is 25.5 Å². The summed E-state index contributed by atoms with van der Waals surface area (Å²) >= 11 is 0. The molecule has 6 heteroatoms. The second-order valence-electron chi connectivity index (χ2n) is 5.53. The van der Waals surface area contributed by atoms with Crippen LogP contribution in [0.1, 0.15) is 30.1 Å². The largest absolute Gasteiger partial charge is 0.507 e. The van der Waals surface area contributed by atoms with Crippen LogP contribution >= 0.6 is 0 Å². The molecule has 1 aliphatic rings. The van der Waals surface area contributed by atoms with Crippen molar-refractivity contribution in [3.05, 3.63) is 29.8 Å². The molecule has 1 saturated heterocycles. The van der Waals surface area contributed by atoms with Crippen LogP contribution in [-0.4, -0.2) is 58.9 Å². The summed E-state index contributed by atoms with van der Waals surface area (Å²) in [6.45, 7) is 3.87. The smallest absolute Gasteiger partial charge is 0.257 e. The van der Waals surface area contributed by atoms with Gasteiger partial charge < -0.3 is 20.6 Å². The summed E-state index contributed by atoms with van der Waals surface area (Å²) in [5.74, 6) is -0.268. The van der Waals surface area contributed by atoms with Crippen LogP contribution in [0.4, 0.5) is 0 Å². The maximum Gasteiger partial charge on any atom is 0.257 e. The van der Waals surface area contributed by atoms with Crippen LogP contribution in [0.2, 0.25) is 0 Å². The van der Waals surface area contributed by atoms with Crippen molar-refractivity contribution in [3.8, 4) is 5.75 Å². The van der Waals surface area contributed by atoms with E-state index in [4.69, 9.17) is 5.73 Å². The van der Waals surface area contributed by atoms with Gasteiger partial charge in [0.1, 0.15) is 5.75 Å². The van der Waals surface area contributed by atoms with Crippen molar-refractivity contribution >= 4 is 11.8 Å². The highest BCUT2D eigenvalue weighted by Crippen LogP contribution is 2.19. The monoisotopic (exact) mass is 305 g/mol. The molecule has 22 heavy (non-hydrogen) atoms. The van der Waals surface area contributed by atoms with Crippen LogP contribution in [0.5, 0.6) is 5.75 Å². The van der Waals surface area contributed by atoms with Gasteiger partial charge in [-0.25, -0.2) is 0 Å². The third-order valence-electron chi connectivity index (χ3n) is 3.93. The summed E-state index contributed by atoms with van der Waals surface area (Å²) in [5, 5.41) is 9.76. The fourth-order valence-corrected chi connectivity index (χ4v) is 2.62. The second kappa shape index (κ2) is 7.26. The van der Waals surface area contributed by atoms with Crippen LogP contribution in [0.3, 0.4) is 0 Å². The fourth-order valence-electron chi connectivity index (χ4n) is 2.62. The van der Waals surface area contributed by atoms with Crippen LogP contribution in [-0.2, 0) is 4.79 Å². The standard InChI is InChI=1S/C16H23N3O3/c1-2-5-13(17)16(22)19-10-8-18(9-11-19)15(21)12-6-3-4-7-14(12)20/h3-4,6-7,13,20H,2,5,8-11,17H2,1H3. The number of benzene rings is 1. The maximum atomic E-state index is 12.4. The van der Waals surface area contributed by atoms with Gasteiger partial charge in [-0.05, 0) is 18.6 Å². The summed E-state index contributed by atoms with van der Waals surface area (Å²) in [6.07, 6.45) is 1.55. The molecule has 2 amide bonds. The lowest BCUT2D eigenvalue weighted by Gasteiger charge is -2.36. The third kappa shape index (κ3) is 3.57. The number of hydrogen-bond donors (Lipinski definition) is 2. The summed E-state index contributed by atoms with van der Waals surface area (Å²) in [5.41, 5.74) is 6.16. The normalized spacial score (nSPS) is 16.5. The highest BCUT2D eigenvalue weighted by molar-refractivity contribution is 5.97. The molecule has 6 nitrogen and oxygen atoms in total. The number of para-hydroxylation sites is 1. The molecule has 1 aliphatic heterocycles. The Balaban J connectivity index is 1.93. The zero-order valence-electron chi connectivity index (χ0n) is 12.9. The lowest BCUT2D eigenvalue weighted by molar-refractivity contribution is -0.134. The number of phenolic OH excluding ortho intramolecular Hbond substituents is 1.